The summed E-state index contributed by atoms with van der Waals surface area (Å²) in [6.45, 7) is 10.7. The molecule has 0 aliphatic carbocycles. The summed E-state index contributed by atoms with van der Waals surface area (Å²) < 4.78 is 5.33. The molecule has 0 aromatic carbocycles. The quantitative estimate of drug-likeness (QED) is 0.821. The van der Waals surface area contributed by atoms with Crippen molar-refractivity contribution in [2.24, 2.45) is 5.92 Å². The number of likely N-dealkylation sites (N-methyl/N-ethyl adjacent to an activating group) is 1. The number of carbonyl (C=O) groups excluding carboxylic acids is 1. The Morgan fingerprint density at radius 3 is 2.74 bits per heavy atom. The highest BCUT2D eigenvalue weighted by molar-refractivity contribution is 5.67. The fourth-order valence-electron chi connectivity index (χ4n) is 2.29. The van der Waals surface area contributed by atoms with Gasteiger partial charge in [-0.3, -0.25) is 0 Å². The maximum atomic E-state index is 11.8. The Morgan fingerprint density at radius 1 is 1.47 bits per heavy atom. The molecule has 1 aliphatic heterocycles. The Labute approximate surface area is 117 Å². The molecule has 0 spiro atoms. The van der Waals surface area contributed by atoms with Crippen LogP contribution in [-0.4, -0.2) is 68.3 Å². The number of hydrogen-bond acceptors (Lipinski definition) is 4. The van der Waals surface area contributed by atoms with Gasteiger partial charge in [0.1, 0.15) is 5.60 Å². The van der Waals surface area contributed by atoms with Crippen LogP contribution < -0.4 is 5.32 Å². The van der Waals surface area contributed by atoms with Gasteiger partial charge in [-0.1, -0.05) is 0 Å². The van der Waals surface area contributed by atoms with Crippen LogP contribution in [0.5, 0.6) is 0 Å². The van der Waals surface area contributed by atoms with Crippen molar-refractivity contribution in [1.82, 2.24) is 15.1 Å². The van der Waals surface area contributed by atoms with Crippen molar-refractivity contribution in [1.29, 1.82) is 0 Å². The van der Waals surface area contributed by atoms with Crippen LogP contribution in [0.1, 0.15) is 27.2 Å². The maximum Gasteiger partial charge on any atom is 0.410 e. The molecule has 112 valence electrons. The first-order valence-electron chi connectivity index (χ1n) is 7.13. The molecule has 1 saturated heterocycles. The number of nitrogens with one attached hydrogen (secondary N) is 1. The topological polar surface area (TPSA) is 44.8 Å². The molecule has 0 saturated carbocycles. The molecule has 1 rings (SSSR count). The second kappa shape index (κ2) is 7.10. The van der Waals surface area contributed by atoms with E-state index in [-0.39, 0.29) is 6.09 Å². The van der Waals surface area contributed by atoms with Gasteiger partial charge in [-0.25, -0.2) is 4.79 Å². The Bertz CT molecular complexity index is 289. The van der Waals surface area contributed by atoms with Gasteiger partial charge >= 0.3 is 6.09 Å². The molecule has 1 fully saturated rings. The normalized spacial score (nSPS) is 20.6. The van der Waals surface area contributed by atoms with E-state index in [9.17, 15) is 4.79 Å². The van der Waals surface area contributed by atoms with Crippen molar-refractivity contribution < 1.29 is 9.53 Å². The predicted molar refractivity (Wildman–Crippen MR) is 77.3 cm³/mol. The van der Waals surface area contributed by atoms with E-state index < -0.39 is 5.60 Å². The van der Waals surface area contributed by atoms with Gasteiger partial charge < -0.3 is 19.9 Å². The monoisotopic (exact) mass is 271 g/mol. The zero-order valence-corrected chi connectivity index (χ0v) is 13.0. The molecule has 1 amide bonds. The minimum absolute atomic E-state index is 0.238. The summed E-state index contributed by atoms with van der Waals surface area (Å²) in [5.74, 6) is 0.747. The molecule has 5 nitrogen and oxygen atoms in total. The van der Waals surface area contributed by atoms with Crippen molar-refractivity contribution in [3.63, 3.8) is 0 Å². The van der Waals surface area contributed by atoms with Crippen LogP contribution in [0.4, 0.5) is 4.79 Å². The Balaban J connectivity index is 2.23. The van der Waals surface area contributed by atoms with E-state index >= 15 is 0 Å². The Morgan fingerprint density at radius 2 is 2.16 bits per heavy atom. The fraction of sp³-hybridized carbons (Fsp3) is 0.929. The van der Waals surface area contributed by atoms with E-state index in [1.165, 1.54) is 6.42 Å². The lowest BCUT2D eigenvalue weighted by Crippen LogP contribution is -2.39. The average molecular weight is 271 g/mol. The summed E-state index contributed by atoms with van der Waals surface area (Å²) >= 11 is 0. The minimum atomic E-state index is -0.420. The van der Waals surface area contributed by atoms with Gasteiger partial charge in [-0.15, -0.1) is 0 Å². The van der Waals surface area contributed by atoms with Crippen LogP contribution in [0.2, 0.25) is 0 Å². The number of likely N-dealkylation sites (tertiary alicyclic amines) is 1. The van der Waals surface area contributed by atoms with Crippen LogP contribution in [0.15, 0.2) is 0 Å². The van der Waals surface area contributed by atoms with E-state index in [0.29, 0.717) is 0 Å². The number of carbonyl (C=O) groups is 1. The van der Waals surface area contributed by atoms with Crippen LogP contribution >= 0.6 is 0 Å². The summed E-state index contributed by atoms with van der Waals surface area (Å²) in [4.78, 5) is 15.9. The van der Waals surface area contributed by atoms with E-state index in [4.69, 9.17) is 4.74 Å². The number of nitrogens with zero attached hydrogens (tertiary/aromatic N) is 2. The number of rotatable bonds is 5. The SMILES string of the molecule is CNCC1CCN(CCN(C)C(=O)OC(C)(C)C)C1. The van der Waals surface area contributed by atoms with Crippen LogP contribution in [0, 0.1) is 5.92 Å². The minimum Gasteiger partial charge on any atom is -0.444 e. The Kier molecular flexibility index (Phi) is 6.07. The van der Waals surface area contributed by atoms with Gasteiger partial charge in [-0.2, -0.15) is 0 Å². The standard InChI is InChI=1S/C14H29N3O2/c1-14(2,3)19-13(18)16(5)8-9-17-7-6-12(11-17)10-15-4/h12,15H,6-11H2,1-5H3. The number of hydrogen-bond donors (Lipinski definition) is 1. The number of amides is 1. The highest BCUT2D eigenvalue weighted by Gasteiger charge is 2.23. The maximum absolute atomic E-state index is 11.8. The van der Waals surface area contributed by atoms with Gasteiger partial charge in [0.2, 0.25) is 0 Å². The third-order valence-electron chi connectivity index (χ3n) is 3.32. The molecule has 0 aromatic heterocycles. The van der Waals surface area contributed by atoms with E-state index in [2.05, 4.69) is 10.2 Å². The van der Waals surface area contributed by atoms with E-state index in [1.54, 1.807) is 11.9 Å². The lowest BCUT2D eigenvalue weighted by molar-refractivity contribution is 0.0286. The molecule has 0 radical (unpaired) electrons. The zero-order chi connectivity index (χ0) is 14.5. The van der Waals surface area contributed by atoms with Gasteiger partial charge in [-0.05, 0) is 53.2 Å². The predicted octanol–water partition coefficient (Wildman–Crippen LogP) is 1.39. The molecule has 0 bridgehead atoms. The van der Waals surface area contributed by atoms with Crippen molar-refractivity contribution in [3.05, 3.63) is 0 Å². The first-order valence-corrected chi connectivity index (χ1v) is 7.13. The molecule has 1 aliphatic rings. The van der Waals surface area contributed by atoms with Crippen LogP contribution in [-0.2, 0) is 4.74 Å². The molecular formula is C14H29N3O2. The summed E-state index contributed by atoms with van der Waals surface area (Å²) in [5, 5.41) is 3.23. The van der Waals surface area contributed by atoms with E-state index in [0.717, 1.165) is 38.6 Å². The fourth-order valence-corrected chi connectivity index (χ4v) is 2.29. The zero-order valence-electron chi connectivity index (χ0n) is 13.0. The highest BCUT2D eigenvalue weighted by atomic mass is 16.6. The second-order valence-electron chi connectivity index (χ2n) is 6.41. The van der Waals surface area contributed by atoms with Crippen molar-refractivity contribution in [2.45, 2.75) is 32.8 Å². The van der Waals surface area contributed by atoms with Gasteiger partial charge in [0.05, 0.1) is 0 Å². The van der Waals surface area contributed by atoms with Crippen molar-refractivity contribution in [2.75, 3.05) is 46.8 Å². The van der Waals surface area contributed by atoms with Crippen molar-refractivity contribution >= 4 is 6.09 Å². The Hall–Kier alpha value is -0.810. The summed E-state index contributed by atoms with van der Waals surface area (Å²) in [6, 6.07) is 0. The van der Waals surface area contributed by atoms with Gasteiger partial charge in [0.15, 0.2) is 0 Å². The third kappa shape index (κ3) is 6.25. The first kappa shape index (κ1) is 16.2. The smallest absolute Gasteiger partial charge is 0.410 e. The molecule has 1 N–H and O–H groups in total. The average Bonchev–Trinajstić information content (AvgIpc) is 2.72. The summed E-state index contributed by atoms with van der Waals surface area (Å²) in [5.41, 5.74) is -0.420. The summed E-state index contributed by atoms with van der Waals surface area (Å²) in [7, 11) is 3.80. The molecule has 1 atom stereocenters. The van der Waals surface area contributed by atoms with E-state index in [1.807, 2.05) is 27.8 Å². The molecule has 1 unspecified atom stereocenters. The largest absolute Gasteiger partial charge is 0.444 e. The second-order valence-corrected chi connectivity index (χ2v) is 6.41. The van der Waals surface area contributed by atoms with Gasteiger partial charge in [0.25, 0.3) is 0 Å². The summed E-state index contributed by atoms with van der Waals surface area (Å²) in [6.07, 6.45) is 1.01. The molecule has 5 heteroatoms. The molecule has 19 heavy (non-hydrogen) atoms. The van der Waals surface area contributed by atoms with Crippen LogP contribution in [0.3, 0.4) is 0 Å². The number of ether oxygens (including phenoxy) is 1. The molecule has 0 aromatic rings. The van der Waals surface area contributed by atoms with Gasteiger partial charge in [0, 0.05) is 26.7 Å². The molecule has 1 heterocycles. The molecular weight excluding hydrogens is 242 g/mol. The van der Waals surface area contributed by atoms with Crippen molar-refractivity contribution in [3.8, 4) is 0 Å². The van der Waals surface area contributed by atoms with Crippen LogP contribution in [0.25, 0.3) is 0 Å². The third-order valence-corrected chi connectivity index (χ3v) is 3.32. The first-order chi connectivity index (χ1) is 8.81. The highest BCUT2D eigenvalue weighted by Crippen LogP contribution is 2.15. The lowest BCUT2D eigenvalue weighted by Gasteiger charge is -2.26. The lowest BCUT2D eigenvalue weighted by atomic mass is 10.1.